The molecule has 3 aliphatic rings. The number of nitrogens with zero attached hydrogens (tertiary/aromatic N) is 6. The van der Waals surface area contributed by atoms with E-state index in [9.17, 15) is 0 Å². The number of methoxy groups -OCH3 is 5. The number of ether oxygens (including phenoxy) is 6. The summed E-state index contributed by atoms with van der Waals surface area (Å²) in [6.07, 6.45) is 16.6. The van der Waals surface area contributed by atoms with Gasteiger partial charge in [0, 0.05) is 51.3 Å². The predicted octanol–water partition coefficient (Wildman–Crippen LogP) is 9.17. The van der Waals surface area contributed by atoms with E-state index in [1.54, 1.807) is 58.2 Å². The van der Waals surface area contributed by atoms with Crippen molar-refractivity contribution in [2.24, 2.45) is 26.1 Å². The molecule has 2 aromatic carbocycles. The molecule has 2 unspecified atom stereocenters. The van der Waals surface area contributed by atoms with E-state index < -0.39 is 0 Å². The number of hydrogen-bond donors (Lipinski definition) is 0. The summed E-state index contributed by atoms with van der Waals surface area (Å²) in [6, 6.07) is 8.19. The largest absolute Gasteiger partial charge is 0.496 e. The van der Waals surface area contributed by atoms with Crippen molar-refractivity contribution in [3.8, 4) is 34.5 Å². The van der Waals surface area contributed by atoms with Gasteiger partial charge in [0.2, 0.25) is 9.60 Å². The Labute approximate surface area is 356 Å². The molecule has 0 aliphatic heterocycles. The fourth-order valence-corrected chi connectivity index (χ4v) is 10.1. The Bertz CT molecular complexity index is 2250. The summed E-state index contributed by atoms with van der Waals surface area (Å²) in [4.78, 5) is 12.3. The summed E-state index contributed by atoms with van der Waals surface area (Å²) >= 11 is 3.32. The van der Waals surface area contributed by atoms with E-state index in [0.29, 0.717) is 53.2 Å². The minimum Gasteiger partial charge on any atom is -0.496 e. The first-order chi connectivity index (χ1) is 28.6. The van der Waals surface area contributed by atoms with Gasteiger partial charge < -0.3 is 28.4 Å². The maximum Gasteiger partial charge on any atom is 0.206 e. The Kier molecular flexibility index (Phi) is 13.9. The van der Waals surface area contributed by atoms with E-state index >= 15 is 0 Å². The number of thiazole rings is 2. The summed E-state index contributed by atoms with van der Waals surface area (Å²) in [6.45, 7) is 7.15. The van der Waals surface area contributed by atoms with Crippen LogP contribution in [0.15, 0.2) is 55.2 Å². The van der Waals surface area contributed by atoms with Crippen LogP contribution in [0.3, 0.4) is 0 Å². The van der Waals surface area contributed by atoms with Gasteiger partial charge >= 0.3 is 0 Å². The molecule has 59 heavy (non-hydrogen) atoms. The first-order valence-corrected chi connectivity index (χ1v) is 22.7. The molecule has 2 aromatic heterocycles. The van der Waals surface area contributed by atoms with Crippen LogP contribution in [0.2, 0.25) is 0 Å². The molecular weight excluding hydrogens is 785 g/mol. The quantitative estimate of drug-likeness (QED) is 0.110. The van der Waals surface area contributed by atoms with Crippen LogP contribution in [0.25, 0.3) is 0 Å². The highest BCUT2D eigenvalue weighted by molar-refractivity contribution is 7.07. The van der Waals surface area contributed by atoms with Gasteiger partial charge in [-0.15, -0.1) is 22.7 Å². The van der Waals surface area contributed by atoms with Crippen molar-refractivity contribution in [2.45, 2.75) is 115 Å². The van der Waals surface area contributed by atoms with Gasteiger partial charge in [-0.1, -0.05) is 59.3 Å². The molecule has 0 radical (unpaired) electrons. The second kappa shape index (κ2) is 19.2. The molecule has 12 nitrogen and oxygen atoms in total. The van der Waals surface area contributed by atoms with Crippen molar-refractivity contribution in [1.82, 2.24) is 9.35 Å². The van der Waals surface area contributed by atoms with E-state index in [1.807, 2.05) is 46.0 Å². The molecule has 3 aliphatic carbocycles. The van der Waals surface area contributed by atoms with Crippen LogP contribution in [-0.2, 0) is 5.41 Å². The summed E-state index contributed by atoms with van der Waals surface area (Å²) < 4.78 is 39.0. The van der Waals surface area contributed by atoms with E-state index in [4.69, 9.17) is 48.6 Å². The molecule has 0 bridgehead atoms. The summed E-state index contributed by atoms with van der Waals surface area (Å²) in [5.74, 6) is 4.27. The molecule has 2 atom stereocenters. The minimum absolute atomic E-state index is 0.119. The average molecular weight is 845 g/mol. The lowest BCUT2D eigenvalue weighted by molar-refractivity contribution is 0.291. The Hall–Kier alpha value is -4.56. The van der Waals surface area contributed by atoms with Crippen LogP contribution in [0.4, 0.5) is 0 Å². The molecule has 0 spiro atoms. The topological polar surface area (TPSA) is 115 Å². The lowest BCUT2D eigenvalue weighted by atomic mass is 9.93. The predicted molar refractivity (Wildman–Crippen MR) is 236 cm³/mol. The van der Waals surface area contributed by atoms with Gasteiger partial charge in [-0.2, -0.15) is 10.2 Å². The van der Waals surface area contributed by atoms with Crippen molar-refractivity contribution in [2.75, 3.05) is 42.2 Å². The molecule has 3 fully saturated rings. The second-order valence-electron chi connectivity index (χ2n) is 16.7. The number of aromatic nitrogens is 2. The Morgan fingerprint density at radius 3 is 1.63 bits per heavy atom. The van der Waals surface area contributed by atoms with Gasteiger partial charge in [0.15, 0.2) is 23.0 Å². The molecule has 14 heteroatoms. The number of hydrogen-bond acceptors (Lipinski definition) is 12. The lowest BCUT2D eigenvalue weighted by Gasteiger charge is -2.19. The van der Waals surface area contributed by atoms with Crippen molar-refractivity contribution in [1.29, 1.82) is 0 Å². The van der Waals surface area contributed by atoms with Crippen molar-refractivity contribution < 1.29 is 28.4 Å². The van der Waals surface area contributed by atoms with Gasteiger partial charge in [0.05, 0.1) is 78.1 Å². The molecule has 0 amide bonds. The molecule has 4 aromatic rings. The van der Waals surface area contributed by atoms with Gasteiger partial charge in [-0.25, -0.2) is 9.35 Å². The zero-order valence-electron chi connectivity index (χ0n) is 35.9. The standard InChI is InChI=1S/C45H60N6O6S2/c1-45(2,3)42-28-59-44(49-33-17-13-10-14-18-33)51(42)47-25-30-21-39(54-6)41(56-8)23-37(30)57-26-31-19-34(31)35-27-58-43(48-32-15-11-9-12-16-32)50(35)46-24-29-20-38(53-5)40(55-7)22-36(29)52-4/h20-25,27-28,31-34H,9-19,26H2,1-8H3/b46-24+,47-25+,48-43?,49-44?. The Balaban J connectivity index is 1.17. The average Bonchev–Trinajstić information content (AvgIpc) is 3.73. The van der Waals surface area contributed by atoms with Crippen LogP contribution in [0.1, 0.15) is 120 Å². The van der Waals surface area contributed by atoms with Crippen LogP contribution >= 0.6 is 22.7 Å². The fourth-order valence-electron chi connectivity index (χ4n) is 7.99. The summed E-state index contributed by atoms with van der Waals surface area (Å²) in [5.41, 5.74) is 3.70. The molecule has 0 saturated heterocycles. The zero-order valence-corrected chi connectivity index (χ0v) is 37.5. The first-order valence-electron chi connectivity index (χ1n) is 20.9. The Morgan fingerprint density at radius 1 is 0.610 bits per heavy atom. The zero-order chi connectivity index (χ0) is 41.5. The van der Waals surface area contributed by atoms with Crippen molar-refractivity contribution >= 4 is 35.1 Å². The highest BCUT2D eigenvalue weighted by atomic mass is 32.1. The third-order valence-electron chi connectivity index (χ3n) is 11.5. The second-order valence-corrected chi connectivity index (χ2v) is 18.3. The van der Waals surface area contributed by atoms with Crippen LogP contribution < -0.4 is 38.0 Å². The molecule has 2 heterocycles. The number of benzene rings is 2. The SMILES string of the molecule is COc1cc(OC)c(OC)cc1/C=N/n1c(C2CC2COc2cc(OC)c(OC)cc2/C=N/n2c(C(C)(C)C)csc2=NC2CCCCC2)csc1=NC1CCCCC1. The summed E-state index contributed by atoms with van der Waals surface area (Å²) in [7, 11) is 8.18. The van der Waals surface area contributed by atoms with E-state index in [1.165, 1.54) is 38.5 Å². The smallest absolute Gasteiger partial charge is 0.206 e. The van der Waals surface area contributed by atoms with Crippen LogP contribution in [0.5, 0.6) is 34.5 Å². The van der Waals surface area contributed by atoms with Gasteiger partial charge in [0.1, 0.15) is 11.5 Å². The maximum atomic E-state index is 6.68. The molecular formula is C45H60N6O6S2. The van der Waals surface area contributed by atoms with Gasteiger partial charge in [-0.05, 0) is 44.2 Å². The van der Waals surface area contributed by atoms with Crippen molar-refractivity contribution in [3.05, 3.63) is 67.1 Å². The maximum absolute atomic E-state index is 6.68. The lowest BCUT2D eigenvalue weighted by Crippen LogP contribution is -2.24. The monoisotopic (exact) mass is 844 g/mol. The summed E-state index contributed by atoms with van der Waals surface area (Å²) in [5, 5.41) is 14.6. The van der Waals surface area contributed by atoms with Crippen LogP contribution in [-0.4, -0.2) is 76.0 Å². The third kappa shape index (κ3) is 10.1. The molecule has 318 valence electrons. The highest BCUT2D eigenvalue weighted by Gasteiger charge is 2.41. The highest BCUT2D eigenvalue weighted by Crippen LogP contribution is 2.48. The van der Waals surface area contributed by atoms with E-state index in [-0.39, 0.29) is 17.3 Å². The Morgan fingerprint density at radius 2 is 1.08 bits per heavy atom. The van der Waals surface area contributed by atoms with Crippen LogP contribution in [0, 0.1) is 5.92 Å². The fraction of sp³-hybridized carbons (Fsp3) is 0.556. The number of rotatable bonds is 15. The van der Waals surface area contributed by atoms with Gasteiger partial charge in [0.25, 0.3) is 0 Å². The first kappa shape index (κ1) is 42.6. The van der Waals surface area contributed by atoms with E-state index in [0.717, 1.165) is 64.2 Å². The molecule has 0 N–H and O–H groups in total. The normalized spacial score (nSPS) is 19.8. The molecule has 3 saturated carbocycles. The van der Waals surface area contributed by atoms with E-state index in [2.05, 4.69) is 31.5 Å². The van der Waals surface area contributed by atoms with Gasteiger partial charge in [-0.3, -0.25) is 9.98 Å². The molecule has 7 rings (SSSR count). The minimum atomic E-state index is -0.119. The third-order valence-corrected chi connectivity index (χ3v) is 13.2. The van der Waals surface area contributed by atoms with Crippen molar-refractivity contribution in [3.63, 3.8) is 0 Å².